The van der Waals surface area contributed by atoms with Crippen LogP contribution in [0.5, 0.6) is 5.19 Å². The minimum absolute atomic E-state index is 0.161. The van der Waals surface area contributed by atoms with Gasteiger partial charge in [-0.15, -0.1) is 11.8 Å². The van der Waals surface area contributed by atoms with Crippen molar-refractivity contribution in [1.82, 2.24) is 15.2 Å². The quantitative estimate of drug-likeness (QED) is 0.456. The molecule has 0 saturated carbocycles. The van der Waals surface area contributed by atoms with Crippen molar-refractivity contribution in [2.75, 3.05) is 13.1 Å². The standard InChI is InChI=1S/C20H29N3O3S/c1-14(2)9-7-8-10-21-18(24)17-11-22-19(27-17)25-13-16-12-23(15(3)4)20(5,6)26-16/h11,13-15H,8,10,12H2,1-6H3,(H,21,24)/b16-13-. The van der Waals surface area contributed by atoms with Crippen molar-refractivity contribution in [3.63, 3.8) is 0 Å². The Hall–Kier alpha value is -2.04. The van der Waals surface area contributed by atoms with Crippen LogP contribution in [0.3, 0.4) is 0 Å². The van der Waals surface area contributed by atoms with Gasteiger partial charge in [0.1, 0.15) is 16.9 Å². The zero-order valence-electron chi connectivity index (χ0n) is 17.0. The van der Waals surface area contributed by atoms with Crippen molar-refractivity contribution in [3.05, 3.63) is 23.1 Å². The molecule has 1 aromatic heterocycles. The predicted molar refractivity (Wildman–Crippen MR) is 107 cm³/mol. The zero-order valence-corrected chi connectivity index (χ0v) is 17.8. The third-order valence-electron chi connectivity index (χ3n) is 3.95. The maximum atomic E-state index is 12.1. The third kappa shape index (κ3) is 6.26. The van der Waals surface area contributed by atoms with Crippen LogP contribution in [0.25, 0.3) is 0 Å². The highest BCUT2D eigenvalue weighted by molar-refractivity contribution is 7.15. The Balaban J connectivity index is 1.86. The maximum absolute atomic E-state index is 12.1. The lowest BCUT2D eigenvalue weighted by Crippen LogP contribution is -2.43. The highest BCUT2D eigenvalue weighted by Crippen LogP contribution is 2.31. The molecule has 1 fully saturated rings. The molecule has 0 aromatic carbocycles. The molecule has 0 unspecified atom stereocenters. The summed E-state index contributed by atoms with van der Waals surface area (Å²) < 4.78 is 11.5. The van der Waals surface area contributed by atoms with Crippen LogP contribution in [0.2, 0.25) is 0 Å². The summed E-state index contributed by atoms with van der Waals surface area (Å²) in [6.45, 7) is 13.6. The Morgan fingerprint density at radius 3 is 2.85 bits per heavy atom. The van der Waals surface area contributed by atoms with Crippen LogP contribution in [0.1, 0.15) is 57.6 Å². The molecule has 1 saturated heterocycles. The molecular weight excluding hydrogens is 362 g/mol. The molecule has 0 atom stereocenters. The van der Waals surface area contributed by atoms with E-state index in [-0.39, 0.29) is 11.6 Å². The fourth-order valence-electron chi connectivity index (χ4n) is 2.77. The predicted octanol–water partition coefficient (Wildman–Crippen LogP) is 3.62. The van der Waals surface area contributed by atoms with Gasteiger partial charge < -0.3 is 14.8 Å². The summed E-state index contributed by atoms with van der Waals surface area (Å²) in [4.78, 5) is 19.0. The summed E-state index contributed by atoms with van der Waals surface area (Å²) >= 11 is 1.20. The van der Waals surface area contributed by atoms with Crippen LogP contribution < -0.4 is 10.1 Å². The average Bonchev–Trinajstić information content (AvgIpc) is 3.16. The van der Waals surface area contributed by atoms with Gasteiger partial charge in [0, 0.05) is 24.9 Å². The van der Waals surface area contributed by atoms with Crippen molar-refractivity contribution in [1.29, 1.82) is 0 Å². The van der Waals surface area contributed by atoms with Gasteiger partial charge in [-0.05, 0) is 27.7 Å². The minimum atomic E-state index is -0.365. The van der Waals surface area contributed by atoms with Crippen LogP contribution in [0.15, 0.2) is 18.2 Å². The molecule has 0 bridgehead atoms. The molecular formula is C20H29N3O3S. The molecule has 1 aromatic rings. The first-order chi connectivity index (χ1) is 12.7. The smallest absolute Gasteiger partial charge is 0.278 e. The first kappa shape index (κ1) is 21.3. The third-order valence-corrected chi connectivity index (χ3v) is 4.83. The van der Waals surface area contributed by atoms with Gasteiger partial charge in [-0.3, -0.25) is 9.69 Å². The average molecular weight is 392 g/mol. The van der Waals surface area contributed by atoms with Gasteiger partial charge in [-0.1, -0.05) is 25.2 Å². The molecule has 1 N–H and O–H groups in total. The largest absolute Gasteiger partial charge is 0.473 e. The number of hydrogen-bond acceptors (Lipinski definition) is 6. The highest BCUT2D eigenvalue weighted by atomic mass is 32.1. The number of ether oxygens (including phenoxy) is 2. The number of aromatic nitrogens is 1. The Kier molecular flexibility index (Phi) is 7.28. The van der Waals surface area contributed by atoms with E-state index in [9.17, 15) is 4.79 Å². The van der Waals surface area contributed by atoms with Crippen molar-refractivity contribution >= 4 is 17.2 Å². The molecule has 7 heteroatoms. The number of rotatable bonds is 6. The van der Waals surface area contributed by atoms with Crippen molar-refractivity contribution < 1.29 is 14.3 Å². The molecule has 2 heterocycles. The molecule has 0 radical (unpaired) electrons. The molecule has 148 valence electrons. The van der Waals surface area contributed by atoms with Crippen molar-refractivity contribution in [2.24, 2.45) is 5.92 Å². The van der Waals surface area contributed by atoms with Crippen LogP contribution in [-0.2, 0) is 4.74 Å². The van der Waals surface area contributed by atoms with E-state index in [0.717, 1.165) is 5.76 Å². The van der Waals surface area contributed by atoms with E-state index in [1.165, 1.54) is 17.5 Å². The topological polar surface area (TPSA) is 63.7 Å². The monoisotopic (exact) mass is 391 g/mol. The van der Waals surface area contributed by atoms with Crippen LogP contribution in [-0.4, -0.2) is 40.6 Å². The lowest BCUT2D eigenvalue weighted by Gasteiger charge is -2.32. The summed E-state index contributed by atoms with van der Waals surface area (Å²) in [6.07, 6.45) is 3.73. The van der Waals surface area contributed by atoms with E-state index in [0.29, 0.717) is 41.5 Å². The van der Waals surface area contributed by atoms with Gasteiger partial charge in [-0.25, -0.2) is 4.98 Å². The van der Waals surface area contributed by atoms with Crippen LogP contribution in [0, 0.1) is 17.8 Å². The molecule has 0 aliphatic carbocycles. The molecule has 2 rings (SSSR count). The first-order valence-corrected chi connectivity index (χ1v) is 10.0. The second kappa shape index (κ2) is 9.25. The van der Waals surface area contributed by atoms with Gasteiger partial charge in [-0.2, -0.15) is 0 Å². The summed E-state index contributed by atoms with van der Waals surface area (Å²) in [5, 5.41) is 3.25. The van der Waals surface area contributed by atoms with Crippen LogP contribution >= 0.6 is 11.3 Å². The number of carbonyl (C=O) groups is 1. The Morgan fingerprint density at radius 2 is 2.22 bits per heavy atom. The number of thiazole rings is 1. The summed E-state index contributed by atoms with van der Waals surface area (Å²) in [5.74, 6) is 7.04. The second-order valence-corrected chi connectivity index (χ2v) is 8.44. The van der Waals surface area contributed by atoms with E-state index >= 15 is 0 Å². The first-order valence-electron chi connectivity index (χ1n) is 9.23. The van der Waals surface area contributed by atoms with Crippen molar-refractivity contribution in [3.8, 4) is 17.0 Å². The van der Waals surface area contributed by atoms with Crippen LogP contribution in [0.4, 0.5) is 0 Å². The van der Waals surface area contributed by atoms with E-state index in [1.807, 2.05) is 27.7 Å². The molecule has 6 nitrogen and oxygen atoms in total. The minimum Gasteiger partial charge on any atom is -0.473 e. The fraction of sp³-hybridized carbons (Fsp3) is 0.600. The van der Waals surface area contributed by atoms with Gasteiger partial charge in [0.25, 0.3) is 11.1 Å². The molecule has 1 amide bonds. The molecule has 27 heavy (non-hydrogen) atoms. The van der Waals surface area contributed by atoms with E-state index in [1.54, 1.807) is 6.26 Å². The number of amides is 1. The van der Waals surface area contributed by atoms with Gasteiger partial charge in [0.15, 0.2) is 5.72 Å². The van der Waals surface area contributed by atoms with Gasteiger partial charge in [0.05, 0.1) is 12.7 Å². The molecule has 1 aliphatic heterocycles. The van der Waals surface area contributed by atoms with E-state index in [4.69, 9.17) is 9.47 Å². The highest BCUT2D eigenvalue weighted by Gasteiger charge is 2.38. The van der Waals surface area contributed by atoms with Crippen molar-refractivity contribution in [2.45, 2.75) is 59.7 Å². The summed E-state index contributed by atoms with van der Waals surface area (Å²) in [7, 11) is 0. The summed E-state index contributed by atoms with van der Waals surface area (Å²) in [6, 6.07) is 0.367. The van der Waals surface area contributed by atoms with Gasteiger partial charge in [0.2, 0.25) is 0 Å². The Morgan fingerprint density at radius 1 is 1.48 bits per heavy atom. The fourth-order valence-corrected chi connectivity index (χ4v) is 3.43. The Labute approximate surface area is 165 Å². The Bertz CT molecular complexity index is 741. The second-order valence-electron chi connectivity index (χ2n) is 7.44. The zero-order chi connectivity index (χ0) is 20.0. The normalized spacial score (nSPS) is 17.7. The summed E-state index contributed by atoms with van der Waals surface area (Å²) in [5.41, 5.74) is -0.365. The molecule has 1 aliphatic rings. The lowest BCUT2D eigenvalue weighted by molar-refractivity contribution is -0.0475. The van der Waals surface area contributed by atoms with E-state index < -0.39 is 0 Å². The number of carbonyl (C=O) groups excluding carboxylic acids is 1. The lowest BCUT2D eigenvalue weighted by atomic mass is 10.2. The van der Waals surface area contributed by atoms with E-state index in [2.05, 4.69) is 40.9 Å². The number of nitrogens with zero attached hydrogens (tertiary/aromatic N) is 2. The molecule has 0 spiro atoms. The van der Waals surface area contributed by atoms with Gasteiger partial charge >= 0.3 is 0 Å². The SMILES string of the molecule is CC(C)C#CCCNC(=O)c1cnc(O/C=C2/CN(C(C)C)C(C)(C)O2)s1. The number of hydrogen-bond donors (Lipinski definition) is 1. The maximum Gasteiger partial charge on any atom is 0.278 e. The number of nitrogens with one attached hydrogen (secondary N) is 1.